The number of nitrogens with zero attached hydrogens (tertiary/aromatic N) is 2. The molecule has 7 heteroatoms. The van der Waals surface area contributed by atoms with E-state index >= 15 is 0 Å². The summed E-state index contributed by atoms with van der Waals surface area (Å²) in [5, 5.41) is 0.234. The third-order valence-electron chi connectivity index (χ3n) is 2.64. The van der Waals surface area contributed by atoms with Crippen molar-refractivity contribution in [3.8, 4) is 0 Å². The number of aliphatic imine (C=N–C) groups is 2. The Labute approximate surface area is 117 Å². The zero-order valence-corrected chi connectivity index (χ0v) is 11.7. The third kappa shape index (κ3) is 5.02. The molecule has 0 aromatic rings. The molecule has 0 radical (unpaired) electrons. The zero-order chi connectivity index (χ0) is 14.3. The van der Waals surface area contributed by atoms with Gasteiger partial charge in [0.15, 0.2) is 5.84 Å². The second-order valence-corrected chi connectivity index (χ2v) is 4.47. The van der Waals surface area contributed by atoms with E-state index in [1.54, 1.807) is 6.92 Å². The molecule has 0 aromatic carbocycles. The number of halogens is 1. The minimum Gasteiger partial charge on any atom is -0.416 e. The van der Waals surface area contributed by atoms with Gasteiger partial charge in [-0.15, -0.1) is 0 Å². The van der Waals surface area contributed by atoms with Gasteiger partial charge in [0.2, 0.25) is 0 Å². The molecule has 0 unspecified atom stereocenters. The van der Waals surface area contributed by atoms with Gasteiger partial charge in [-0.1, -0.05) is 11.6 Å². The van der Waals surface area contributed by atoms with Crippen molar-refractivity contribution < 1.29 is 9.57 Å². The Hall–Kier alpha value is -1.37. The van der Waals surface area contributed by atoms with E-state index in [-0.39, 0.29) is 16.8 Å². The van der Waals surface area contributed by atoms with Crippen molar-refractivity contribution in [2.24, 2.45) is 21.6 Å². The molecule has 1 fully saturated rings. The topological polar surface area (TPSA) is 95.2 Å². The summed E-state index contributed by atoms with van der Waals surface area (Å²) < 4.78 is 5.26. The summed E-state index contributed by atoms with van der Waals surface area (Å²) in [6.45, 7) is 6.51. The minimum absolute atomic E-state index is 0.131. The van der Waals surface area contributed by atoms with Crippen molar-refractivity contribution in [1.82, 2.24) is 0 Å². The highest BCUT2D eigenvalue weighted by Crippen LogP contribution is 2.16. The van der Waals surface area contributed by atoms with Gasteiger partial charge in [0.25, 0.3) is 0 Å². The quantitative estimate of drug-likeness (QED) is 0.269. The highest BCUT2D eigenvalue weighted by Gasteiger charge is 2.15. The first kappa shape index (κ1) is 15.7. The van der Waals surface area contributed by atoms with Crippen LogP contribution < -0.4 is 11.6 Å². The first-order valence-corrected chi connectivity index (χ1v) is 6.29. The molecule has 0 bridgehead atoms. The van der Waals surface area contributed by atoms with Gasteiger partial charge in [-0.3, -0.25) is 4.99 Å². The molecule has 1 saturated heterocycles. The maximum absolute atomic E-state index is 6.14. The molecule has 4 N–H and O–H groups in total. The van der Waals surface area contributed by atoms with E-state index in [1.165, 1.54) is 6.08 Å². The molecule has 1 heterocycles. The highest BCUT2D eigenvalue weighted by molar-refractivity contribution is 6.44. The van der Waals surface area contributed by atoms with Gasteiger partial charge in [0.1, 0.15) is 10.8 Å². The standard InChI is InChI=1S/C12H19ClN4O2/c1-8(19-15)7-10(14)11(13)12(16-2)17-9-3-5-18-6-4-9/h7,9H,2-6,14-15H2,1H3/b8-7+,11-10?,17-12?. The average molecular weight is 287 g/mol. The number of hydrogen-bond donors (Lipinski definition) is 2. The average Bonchev–Trinajstić information content (AvgIpc) is 2.44. The van der Waals surface area contributed by atoms with E-state index < -0.39 is 0 Å². The first-order chi connectivity index (χ1) is 9.08. The number of amidine groups is 1. The molecule has 0 aromatic heterocycles. The summed E-state index contributed by atoms with van der Waals surface area (Å²) in [4.78, 5) is 12.8. The largest absolute Gasteiger partial charge is 0.416 e. The Kier molecular flexibility index (Phi) is 6.55. The molecule has 0 spiro atoms. The van der Waals surface area contributed by atoms with E-state index in [9.17, 15) is 0 Å². The van der Waals surface area contributed by atoms with Crippen molar-refractivity contribution in [3.63, 3.8) is 0 Å². The summed E-state index contributed by atoms with van der Waals surface area (Å²) in [6, 6.07) is 0.131. The highest BCUT2D eigenvalue weighted by atomic mass is 35.5. The minimum atomic E-state index is 0.131. The lowest BCUT2D eigenvalue weighted by molar-refractivity contribution is 0.0871. The molecule has 6 nitrogen and oxygen atoms in total. The van der Waals surface area contributed by atoms with E-state index in [0.29, 0.717) is 24.8 Å². The van der Waals surface area contributed by atoms with E-state index in [1.807, 2.05) is 0 Å². The van der Waals surface area contributed by atoms with E-state index in [2.05, 4.69) is 21.5 Å². The normalized spacial score (nSPS) is 19.9. The predicted molar refractivity (Wildman–Crippen MR) is 76.9 cm³/mol. The Morgan fingerprint density at radius 2 is 2.11 bits per heavy atom. The fourth-order valence-corrected chi connectivity index (χ4v) is 1.76. The molecule has 1 aliphatic rings. The Bertz CT molecular complexity index is 412. The van der Waals surface area contributed by atoms with Gasteiger partial charge in [0, 0.05) is 19.3 Å². The van der Waals surface area contributed by atoms with Crippen molar-refractivity contribution in [2.45, 2.75) is 25.8 Å². The van der Waals surface area contributed by atoms with E-state index in [4.69, 9.17) is 28.0 Å². The van der Waals surface area contributed by atoms with Crippen molar-refractivity contribution >= 4 is 24.2 Å². The van der Waals surface area contributed by atoms with E-state index in [0.717, 1.165) is 12.8 Å². The maximum atomic E-state index is 6.14. The number of hydrogen-bond acceptors (Lipinski definition) is 5. The summed E-state index contributed by atoms with van der Waals surface area (Å²) >= 11 is 6.14. The molecule has 1 rings (SSSR count). The van der Waals surface area contributed by atoms with Gasteiger partial charge >= 0.3 is 0 Å². The number of allylic oxidation sites excluding steroid dienone is 2. The molecular weight excluding hydrogens is 268 g/mol. The fraction of sp³-hybridized carbons (Fsp3) is 0.500. The Morgan fingerprint density at radius 3 is 2.63 bits per heavy atom. The second kappa shape index (κ2) is 7.93. The lowest BCUT2D eigenvalue weighted by atomic mass is 10.1. The van der Waals surface area contributed by atoms with Crippen LogP contribution in [-0.2, 0) is 9.57 Å². The fourth-order valence-electron chi connectivity index (χ4n) is 1.60. The number of ether oxygens (including phenoxy) is 1. The van der Waals surface area contributed by atoms with Crippen LogP contribution in [0.5, 0.6) is 0 Å². The summed E-state index contributed by atoms with van der Waals surface area (Å²) in [7, 11) is 0. The molecule has 0 amide bonds. The van der Waals surface area contributed by atoms with Crippen LogP contribution in [0.1, 0.15) is 19.8 Å². The van der Waals surface area contributed by atoms with Crippen LogP contribution in [0.3, 0.4) is 0 Å². The van der Waals surface area contributed by atoms with Gasteiger partial charge in [-0.25, -0.2) is 4.99 Å². The first-order valence-electron chi connectivity index (χ1n) is 5.91. The lowest BCUT2D eigenvalue weighted by Crippen LogP contribution is -2.20. The molecule has 0 atom stereocenters. The Morgan fingerprint density at radius 1 is 1.47 bits per heavy atom. The molecule has 0 aliphatic carbocycles. The molecule has 106 valence electrons. The summed E-state index contributed by atoms with van der Waals surface area (Å²) in [5.74, 6) is 5.77. The van der Waals surface area contributed by atoms with Crippen molar-refractivity contribution in [3.05, 3.63) is 22.6 Å². The predicted octanol–water partition coefficient (Wildman–Crippen LogP) is 1.47. The smallest absolute Gasteiger partial charge is 0.168 e. The third-order valence-corrected chi connectivity index (χ3v) is 3.03. The van der Waals surface area contributed by atoms with Crippen LogP contribution in [0, 0.1) is 0 Å². The molecule has 0 saturated carbocycles. The van der Waals surface area contributed by atoms with Crippen LogP contribution in [0.2, 0.25) is 0 Å². The number of rotatable bonds is 4. The van der Waals surface area contributed by atoms with Crippen molar-refractivity contribution in [2.75, 3.05) is 13.2 Å². The SMILES string of the molecule is C=NC(=NC1CCOCC1)C(Cl)=C(N)/C=C(\C)ON. The lowest BCUT2D eigenvalue weighted by Gasteiger charge is -2.18. The molecule has 1 aliphatic heterocycles. The van der Waals surface area contributed by atoms with Crippen LogP contribution in [0.25, 0.3) is 0 Å². The maximum Gasteiger partial charge on any atom is 0.168 e. The summed E-state index contributed by atoms with van der Waals surface area (Å²) in [5.41, 5.74) is 6.10. The van der Waals surface area contributed by atoms with Crippen LogP contribution in [0.15, 0.2) is 32.5 Å². The van der Waals surface area contributed by atoms with Crippen LogP contribution in [-0.4, -0.2) is 31.8 Å². The van der Waals surface area contributed by atoms with Crippen LogP contribution in [0.4, 0.5) is 0 Å². The number of nitrogens with two attached hydrogens (primary N) is 2. The Balaban J connectivity index is 2.91. The molecule has 19 heavy (non-hydrogen) atoms. The molecular formula is C12H19ClN4O2. The van der Waals surface area contributed by atoms with Crippen LogP contribution >= 0.6 is 11.6 Å². The van der Waals surface area contributed by atoms with Gasteiger partial charge in [-0.05, 0) is 26.5 Å². The summed E-state index contributed by atoms with van der Waals surface area (Å²) in [6.07, 6.45) is 3.18. The van der Waals surface area contributed by atoms with Gasteiger partial charge in [0.05, 0.1) is 11.7 Å². The monoisotopic (exact) mass is 286 g/mol. The zero-order valence-electron chi connectivity index (χ0n) is 10.9. The van der Waals surface area contributed by atoms with Gasteiger partial charge in [-0.2, -0.15) is 5.90 Å². The second-order valence-electron chi connectivity index (χ2n) is 4.10. The van der Waals surface area contributed by atoms with Gasteiger partial charge < -0.3 is 15.3 Å². The van der Waals surface area contributed by atoms with Crippen molar-refractivity contribution in [1.29, 1.82) is 0 Å².